The number of piperidine rings is 1. The van der Waals surface area contributed by atoms with Gasteiger partial charge in [-0.25, -0.2) is 4.68 Å². The SMILES string of the molecule is Clc1cccc(-n2nc(CN3CCCCC3)c3c2NCCCC3)c1. The highest BCUT2D eigenvalue weighted by molar-refractivity contribution is 6.30. The number of likely N-dealkylation sites (tertiary alicyclic amines) is 1. The lowest BCUT2D eigenvalue weighted by Gasteiger charge is -2.25. The molecule has 1 N–H and O–H groups in total. The molecule has 1 saturated heterocycles. The van der Waals surface area contributed by atoms with E-state index in [1.165, 1.54) is 62.3 Å². The van der Waals surface area contributed by atoms with Crippen LogP contribution in [0.4, 0.5) is 5.82 Å². The first-order chi connectivity index (χ1) is 11.8. The third-order valence-electron chi connectivity index (χ3n) is 5.09. The molecule has 4 rings (SSSR count). The largest absolute Gasteiger partial charge is 0.370 e. The molecule has 0 radical (unpaired) electrons. The van der Waals surface area contributed by atoms with Crippen molar-refractivity contribution in [3.63, 3.8) is 0 Å². The molecule has 1 aromatic heterocycles. The third kappa shape index (κ3) is 3.31. The van der Waals surface area contributed by atoms with Crippen LogP contribution in [0.2, 0.25) is 5.02 Å². The molecule has 128 valence electrons. The first-order valence-corrected chi connectivity index (χ1v) is 9.52. The van der Waals surface area contributed by atoms with E-state index in [-0.39, 0.29) is 0 Å². The highest BCUT2D eigenvalue weighted by Crippen LogP contribution is 2.30. The van der Waals surface area contributed by atoms with Crippen molar-refractivity contribution >= 4 is 17.4 Å². The van der Waals surface area contributed by atoms with E-state index < -0.39 is 0 Å². The summed E-state index contributed by atoms with van der Waals surface area (Å²) in [5, 5.41) is 9.35. The summed E-state index contributed by atoms with van der Waals surface area (Å²) in [6.45, 7) is 4.39. The summed E-state index contributed by atoms with van der Waals surface area (Å²) in [6, 6.07) is 7.98. The van der Waals surface area contributed by atoms with Crippen molar-refractivity contribution in [2.75, 3.05) is 25.0 Å². The summed E-state index contributed by atoms with van der Waals surface area (Å²) in [5.74, 6) is 1.17. The van der Waals surface area contributed by atoms with Crippen LogP contribution in [0.3, 0.4) is 0 Å². The molecule has 5 heteroatoms. The predicted octanol–water partition coefficient (Wildman–Crippen LogP) is 4.26. The van der Waals surface area contributed by atoms with Crippen LogP contribution in [0, 0.1) is 0 Å². The number of nitrogens with one attached hydrogen (secondary N) is 1. The van der Waals surface area contributed by atoms with Gasteiger partial charge in [-0.05, 0) is 63.4 Å². The van der Waals surface area contributed by atoms with Gasteiger partial charge in [0.05, 0.1) is 11.4 Å². The summed E-state index contributed by atoms with van der Waals surface area (Å²) < 4.78 is 2.06. The van der Waals surface area contributed by atoms with E-state index in [0.717, 1.165) is 30.2 Å². The van der Waals surface area contributed by atoms with Crippen molar-refractivity contribution in [3.8, 4) is 5.69 Å². The molecule has 1 aromatic carbocycles. The maximum Gasteiger partial charge on any atom is 0.133 e. The van der Waals surface area contributed by atoms with Crippen LogP contribution in [0.15, 0.2) is 24.3 Å². The van der Waals surface area contributed by atoms with E-state index in [4.69, 9.17) is 16.7 Å². The Hall–Kier alpha value is -1.52. The molecular formula is C19H25ClN4. The Kier molecular flexibility index (Phi) is 4.76. The number of halogens is 1. The Bertz CT molecular complexity index is 703. The van der Waals surface area contributed by atoms with Gasteiger partial charge in [-0.2, -0.15) is 5.10 Å². The first kappa shape index (κ1) is 16.0. The fraction of sp³-hybridized carbons (Fsp3) is 0.526. The maximum absolute atomic E-state index is 6.20. The van der Waals surface area contributed by atoms with Crippen LogP contribution in [0.1, 0.15) is 43.4 Å². The number of nitrogens with zero attached hydrogens (tertiary/aromatic N) is 3. The highest BCUT2D eigenvalue weighted by Gasteiger charge is 2.22. The molecule has 4 nitrogen and oxygen atoms in total. The summed E-state index contributed by atoms with van der Waals surface area (Å²) in [7, 11) is 0. The predicted molar refractivity (Wildman–Crippen MR) is 99.1 cm³/mol. The van der Waals surface area contributed by atoms with Crippen molar-refractivity contribution in [2.45, 2.75) is 45.1 Å². The third-order valence-corrected chi connectivity index (χ3v) is 5.32. The Morgan fingerprint density at radius 2 is 1.96 bits per heavy atom. The van der Waals surface area contributed by atoms with Gasteiger partial charge in [-0.3, -0.25) is 4.90 Å². The summed E-state index contributed by atoms with van der Waals surface area (Å²) >= 11 is 6.20. The number of hydrogen-bond acceptors (Lipinski definition) is 3. The zero-order chi connectivity index (χ0) is 16.4. The Morgan fingerprint density at radius 1 is 1.08 bits per heavy atom. The van der Waals surface area contributed by atoms with E-state index >= 15 is 0 Å². The van der Waals surface area contributed by atoms with Gasteiger partial charge in [0.25, 0.3) is 0 Å². The van der Waals surface area contributed by atoms with Gasteiger partial charge in [-0.1, -0.05) is 24.1 Å². The van der Waals surface area contributed by atoms with Crippen LogP contribution in [-0.2, 0) is 13.0 Å². The monoisotopic (exact) mass is 344 g/mol. The number of rotatable bonds is 3. The molecule has 0 bridgehead atoms. The van der Waals surface area contributed by atoms with Gasteiger partial charge in [0.15, 0.2) is 0 Å². The number of anilines is 1. The Labute approximate surface area is 148 Å². The standard InChI is InChI=1S/C19H25ClN4/c20-15-7-6-8-16(13-15)24-19-17(9-2-3-10-21-19)18(22-24)14-23-11-4-1-5-12-23/h6-8,13,21H,1-5,9-12,14H2. The molecule has 0 saturated carbocycles. The van der Waals surface area contributed by atoms with E-state index in [9.17, 15) is 0 Å². The topological polar surface area (TPSA) is 33.1 Å². The van der Waals surface area contributed by atoms with Crippen molar-refractivity contribution in [2.24, 2.45) is 0 Å². The van der Waals surface area contributed by atoms with Crippen LogP contribution in [0.5, 0.6) is 0 Å². The fourth-order valence-corrected chi connectivity index (χ4v) is 4.01. The van der Waals surface area contributed by atoms with Gasteiger partial charge in [0, 0.05) is 23.7 Å². The molecule has 0 spiro atoms. The number of aromatic nitrogens is 2. The summed E-state index contributed by atoms with van der Waals surface area (Å²) in [6.07, 6.45) is 7.56. The lowest BCUT2D eigenvalue weighted by atomic mass is 10.1. The lowest BCUT2D eigenvalue weighted by Crippen LogP contribution is -2.29. The van der Waals surface area contributed by atoms with Gasteiger partial charge < -0.3 is 5.32 Å². The lowest BCUT2D eigenvalue weighted by molar-refractivity contribution is 0.217. The van der Waals surface area contributed by atoms with E-state index in [0.29, 0.717) is 0 Å². The zero-order valence-electron chi connectivity index (χ0n) is 14.1. The van der Waals surface area contributed by atoms with E-state index in [1.807, 2.05) is 18.2 Å². The van der Waals surface area contributed by atoms with Gasteiger partial charge >= 0.3 is 0 Å². The summed E-state index contributed by atoms with van der Waals surface area (Å²) in [4.78, 5) is 2.55. The molecule has 0 unspecified atom stereocenters. The molecule has 2 aliphatic rings. The molecule has 0 atom stereocenters. The molecule has 3 heterocycles. The van der Waals surface area contributed by atoms with E-state index in [1.54, 1.807) is 0 Å². The Morgan fingerprint density at radius 3 is 2.79 bits per heavy atom. The van der Waals surface area contributed by atoms with Crippen molar-refractivity contribution in [1.82, 2.24) is 14.7 Å². The van der Waals surface area contributed by atoms with Crippen LogP contribution < -0.4 is 5.32 Å². The molecule has 24 heavy (non-hydrogen) atoms. The molecule has 2 aliphatic heterocycles. The average molecular weight is 345 g/mol. The van der Waals surface area contributed by atoms with Gasteiger partial charge in [-0.15, -0.1) is 0 Å². The minimum Gasteiger partial charge on any atom is -0.370 e. The normalized spacial score (nSPS) is 18.7. The minimum absolute atomic E-state index is 0.753. The number of benzene rings is 1. The smallest absolute Gasteiger partial charge is 0.133 e. The number of hydrogen-bond donors (Lipinski definition) is 1. The van der Waals surface area contributed by atoms with Crippen molar-refractivity contribution < 1.29 is 0 Å². The molecule has 0 amide bonds. The average Bonchev–Trinajstić information content (AvgIpc) is 2.78. The van der Waals surface area contributed by atoms with Crippen LogP contribution in [-0.4, -0.2) is 34.3 Å². The van der Waals surface area contributed by atoms with Gasteiger partial charge in [0.1, 0.15) is 5.82 Å². The molecule has 2 aromatic rings. The molecular weight excluding hydrogens is 320 g/mol. The minimum atomic E-state index is 0.753. The molecule has 1 fully saturated rings. The highest BCUT2D eigenvalue weighted by atomic mass is 35.5. The molecule has 0 aliphatic carbocycles. The van der Waals surface area contributed by atoms with Gasteiger partial charge in [0.2, 0.25) is 0 Å². The second-order valence-corrected chi connectivity index (χ2v) is 7.32. The van der Waals surface area contributed by atoms with Crippen LogP contribution in [0.25, 0.3) is 5.69 Å². The second-order valence-electron chi connectivity index (χ2n) is 6.89. The number of fused-ring (bicyclic) bond motifs is 1. The maximum atomic E-state index is 6.20. The van der Waals surface area contributed by atoms with Crippen LogP contribution >= 0.6 is 11.6 Å². The van der Waals surface area contributed by atoms with Crippen molar-refractivity contribution in [1.29, 1.82) is 0 Å². The summed E-state index contributed by atoms with van der Waals surface area (Å²) in [5.41, 5.74) is 3.68. The van der Waals surface area contributed by atoms with Crippen molar-refractivity contribution in [3.05, 3.63) is 40.5 Å². The zero-order valence-corrected chi connectivity index (χ0v) is 14.9. The second kappa shape index (κ2) is 7.16. The van der Waals surface area contributed by atoms with E-state index in [2.05, 4.69) is 21.0 Å². The quantitative estimate of drug-likeness (QED) is 0.903. The Balaban J connectivity index is 1.71. The first-order valence-electron chi connectivity index (χ1n) is 9.14. The fourth-order valence-electron chi connectivity index (χ4n) is 3.82.